The van der Waals surface area contributed by atoms with Gasteiger partial charge in [0.15, 0.2) is 5.96 Å². The Labute approximate surface area is 179 Å². The van der Waals surface area contributed by atoms with Gasteiger partial charge in [-0.05, 0) is 56.9 Å². The number of carbonyl (C=O) groups is 2. The molecule has 164 valence electrons. The van der Waals surface area contributed by atoms with Gasteiger partial charge in [0.25, 0.3) is 5.91 Å². The monoisotopic (exact) mass is 413 g/mol. The average Bonchev–Trinajstić information content (AvgIpc) is 3.00. The Morgan fingerprint density at radius 2 is 1.90 bits per heavy atom. The first-order valence-electron chi connectivity index (χ1n) is 11.1. The Morgan fingerprint density at radius 1 is 1.20 bits per heavy atom. The molecule has 0 bridgehead atoms. The van der Waals surface area contributed by atoms with Gasteiger partial charge >= 0.3 is 6.03 Å². The standard InChI is InChI=1S/C23H35N5O2/c1-4-23(2)20(29)28(22(30)27-23)16-8-15-25-21(24-3)26-19-13-11-18(12-14-19)17-9-6-5-7-10-17/h5-7,9-10,18-19H,4,8,11-16H2,1-3H3,(H,27,30)(H2,24,25,26). The van der Waals surface area contributed by atoms with E-state index >= 15 is 0 Å². The second-order valence-corrected chi connectivity index (χ2v) is 8.53. The van der Waals surface area contributed by atoms with E-state index in [-0.39, 0.29) is 11.9 Å². The molecule has 1 aliphatic carbocycles. The van der Waals surface area contributed by atoms with E-state index in [1.807, 2.05) is 6.92 Å². The van der Waals surface area contributed by atoms with Gasteiger partial charge in [0.1, 0.15) is 5.54 Å². The number of imide groups is 1. The summed E-state index contributed by atoms with van der Waals surface area (Å²) in [6.45, 7) is 4.75. The number of rotatable bonds is 7. The minimum absolute atomic E-state index is 0.132. The van der Waals surface area contributed by atoms with Crippen molar-refractivity contribution in [2.24, 2.45) is 4.99 Å². The molecule has 1 saturated carbocycles. The predicted molar refractivity (Wildman–Crippen MR) is 119 cm³/mol. The van der Waals surface area contributed by atoms with Gasteiger partial charge in [0, 0.05) is 26.2 Å². The number of benzene rings is 1. The molecule has 1 saturated heterocycles. The summed E-state index contributed by atoms with van der Waals surface area (Å²) >= 11 is 0. The number of nitrogens with one attached hydrogen (secondary N) is 3. The first-order chi connectivity index (χ1) is 14.5. The lowest BCUT2D eigenvalue weighted by Gasteiger charge is -2.30. The second kappa shape index (κ2) is 9.96. The maximum atomic E-state index is 12.4. The van der Waals surface area contributed by atoms with Crippen molar-refractivity contribution in [1.82, 2.24) is 20.9 Å². The van der Waals surface area contributed by atoms with Gasteiger partial charge in [-0.3, -0.25) is 14.7 Å². The van der Waals surface area contributed by atoms with Crippen LogP contribution >= 0.6 is 0 Å². The number of nitrogens with zero attached hydrogens (tertiary/aromatic N) is 2. The van der Waals surface area contributed by atoms with Crippen LogP contribution in [-0.2, 0) is 4.79 Å². The zero-order valence-corrected chi connectivity index (χ0v) is 18.4. The van der Waals surface area contributed by atoms with Gasteiger partial charge in [-0.2, -0.15) is 0 Å². The fourth-order valence-electron chi connectivity index (χ4n) is 4.32. The number of urea groups is 1. The molecule has 3 amide bonds. The van der Waals surface area contributed by atoms with Gasteiger partial charge in [0.05, 0.1) is 0 Å². The molecule has 2 aliphatic rings. The van der Waals surface area contributed by atoms with Crippen molar-refractivity contribution in [3.63, 3.8) is 0 Å². The lowest BCUT2D eigenvalue weighted by Crippen LogP contribution is -2.45. The topological polar surface area (TPSA) is 85.8 Å². The number of hydrogen-bond donors (Lipinski definition) is 3. The lowest BCUT2D eigenvalue weighted by molar-refractivity contribution is -0.130. The van der Waals surface area contributed by atoms with E-state index in [2.05, 4.69) is 51.3 Å². The molecule has 0 aromatic heterocycles. The van der Waals surface area contributed by atoms with Crippen molar-refractivity contribution in [3.05, 3.63) is 35.9 Å². The fraction of sp³-hybridized carbons (Fsp3) is 0.609. The van der Waals surface area contributed by atoms with Crippen molar-refractivity contribution in [3.8, 4) is 0 Å². The van der Waals surface area contributed by atoms with Crippen LogP contribution in [0.1, 0.15) is 63.9 Å². The summed E-state index contributed by atoms with van der Waals surface area (Å²) in [6.07, 6.45) is 5.88. The number of hydrogen-bond acceptors (Lipinski definition) is 3. The summed E-state index contributed by atoms with van der Waals surface area (Å²) in [7, 11) is 1.77. The Balaban J connectivity index is 1.38. The highest BCUT2D eigenvalue weighted by Crippen LogP contribution is 2.32. The molecule has 1 aromatic rings. The Hall–Kier alpha value is -2.57. The fourth-order valence-corrected chi connectivity index (χ4v) is 4.32. The summed E-state index contributed by atoms with van der Waals surface area (Å²) in [5.74, 6) is 1.30. The maximum absolute atomic E-state index is 12.4. The van der Waals surface area contributed by atoms with Gasteiger partial charge in [0.2, 0.25) is 0 Å². The molecule has 2 fully saturated rings. The normalized spacial score (nSPS) is 27.2. The summed E-state index contributed by atoms with van der Waals surface area (Å²) in [5.41, 5.74) is 0.680. The van der Waals surface area contributed by atoms with Crippen LogP contribution in [-0.4, -0.2) is 54.5 Å². The van der Waals surface area contributed by atoms with Crippen LogP contribution < -0.4 is 16.0 Å². The highest BCUT2D eigenvalue weighted by molar-refractivity contribution is 6.06. The summed E-state index contributed by atoms with van der Waals surface area (Å²) in [5, 5.41) is 9.63. The summed E-state index contributed by atoms with van der Waals surface area (Å²) in [6, 6.07) is 10.9. The molecule has 1 aromatic carbocycles. The summed E-state index contributed by atoms with van der Waals surface area (Å²) in [4.78, 5) is 30.2. The van der Waals surface area contributed by atoms with E-state index in [1.165, 1.54) is 23.3 Å². The number of guanidine groups is 1. The molecule has 1 unspecified atom stereocenters. The minimum Gasteiger partial charge on any atom is -0.356 e. The third kappa shape index (κ3) is 5.12. The molecule has 7 heteroatoms. The first-order valence-corrected chi connectivity index (χ1v) is 11.1. The zero-order chi connectivity index (χ0) is 21.6. The van der Waals surface area contributed by atoms with Gasteiger partial charge in [-0.1, -0.05) is 37.3 Å². The Kier molecular flexibility index (Phi) is 7.34. The van der Waals surface area contributed by atoms with Crippen molar-refractivity contribution < 1.29 is 9.59 Å². The SMILES string of the molecule is CCC1(C)NC(=O)N(CCCNC(=NC)NC2CCC(c3ccccc3)CC2)C1=O. The van der Waals surface area contributed by atoms with E-state index in [0.29, 0.717) is 37.9 Å². The molecule has 1 aliphatic heterocycles. The molecule has 0 spiro atoms. The molecule has 0 radical (unpaired) electrons. The van der Waals surface area contributed by atoms with Crippen molar-refractivity contribution in [2.75, 3.05) is 20.1 Å². The largest absolute Gasteiger partial charge is 0.356 e. The quantitative estimate of drug-likeness (QED) is 0.278. The minimum atomic E-state index is -0.763. The summed E-state index contributed by atoms with van der Waals surface area (Å²) < 4.78 is 0. The van der Waals surface area contributed by atoms with E-state index in [0.717, 1.165) is 18.8 Å². The molecule has 30 heavy (non-hydrogen) atoms. The highest BCUT2D eigenvalue weighted by atomic mass is 16.2. The maximum Gasteiger partial charge on any atom is 0.325 e. The average molecular weight is 414 g/mol. The molecule has 3 rings (SSSR count). The molecular formula is C23H35N5O2. The van der Waals surface area contributed by atoms with Crippen molar-refractivity contribution >= 4 is 17.9 Å². The first kappa shape index (κ1) is 22.1. The Bertz CT molecular complexity index is 758. The third-order valence-corrected chi connectivity index (χ3v) is 6.47. The van der Waals surface area contributed by atoms with E-state index in [1.54, 1.807) is 14.0 Å². The third-order valence-electron chi connectivity index (χ3n) is 6.47. The second-order valence-electron chi connectivity index (χ2n) is 8.53. The zero-order valence-electron chi connectivity index (χ0n) is 18.4. The Morgan fingerprint density at radius 3 is 2.50 bits per heavy atom. The molecule has 1 atom stereocenters. The van der Waals surface area contributed by atoms with Gasteiger partial charge < -0.3 is 16.0 Å². The predicted octanol–water partition coefficient (Wildman–Crippen LogP) is 2.99. The molecule has 1 heterocycles. The van der Waals surface area contributed by atoms with E-state index < -0.39 is 5.54 Å². The van der Waals surface area contributed by atoms with Crippen molar-refractivity contribution in [2.45, 2.75) is 69.9 Å². The van der Waals surface area contributed by atoms with Crippen LogP contribution in [0.15, 0.2) is 35.3 Å². The molecule has 3 N–H and O–H groups in total. The van der Waals surface area contributed by atoms with Crippen LogP contribution in [0, 0.1) is 0 Å². The lowest BCUT2D eigenvalue weighted by atomic mass is 9.82. The van der Waals surface area contributed by atoms with E-state index in [9.17, 15) is 9.59 Å². The van der Waals surface area contributed by atoms with Crippen molar-refractivity contribution in [1.29, 1.82) is 0 Å². The van der Waals surface area contributed by atoms with E-state index in [4.69, 9.17) is 0 Å². The van der Waals surface area contributed by atoms with Gasteiger partial charge in [-0.25, -0.2) is 4.79 Å². The molecular weight excluding hydrogens is 378 g/mol. The molecule has 7 nitrogen and oxygen atoms in total. The number of aliphatic imine (C=N–C) groups is 1. The van der Waals surface area contributed by atoms with Crippen LogP contribution in [0.3, 0.4) is 0 Å². The van der Waals surface area contributed by atoms with Gasteiger partial charge in [-0.15, -0.1) is 0 Å². The van der Waals surface area contributed by atoms with Crippen LogP contribution in [0.5, 0.6) is 0 Å². The smallest absolute Gasteiger partial charge is 0.325 e. The number of carbonyl (C=O) groups excluding carboxylic acids is 2. The van der Waals surface area contributed by atoms with Crippen LogP contribution in [0.25, 0.3) is 0 Å². The van der Waals surface area contributed by atoms with Crippen LogP contribution in [0.4, 0.5) is 4.79 Å². The number of amides is 3. The highest BCUT2D eigenvalue weighted by Gasteiger charge is 2.45. The van der Waals surface area contributed by atoms with Crippen LogP contribution in [0.2, 0.25) is 0 Å².